The van der Waals surface area contributed by atoms with Crippen LogP contribution in [-0.2, 0) is 0 Å². The first kappa shape index (κ1) is 12.5. The van der Waals surface area contributed by atoms with Crippen LogP contribution in [0.3, 0.4) is 0 Å². The topological polar surface area (TPSA) is 46.0 Å². The second-order valence-corrected chi connectivity index (χ2v) is 6.46. The van der Waals surface area contributed by atoms with E-state index in [2.05, 4.69) is 16.0 Å². The van der Waals surface area contributed by atoms with E-state index in [9.17, 15) is 5.11 Å². The van der Waals surface area contributed by atoms with Crippen molar-refractivity contribution in [3.8, 4) is 27.0 Å². The minimum atomic E-state index is 0.254. The predicted molar refractivity (Wildman–Crippen MR) is 87.8 cm³/mol. The molecule has 0 radical (unpaired) electrons. The van der Waals surface area contributed by atoms with Crippen molar-refractivity contribution in [1.82, 2.24) is 9.97 Å². The first-order valence-electron chi connectivity index (χ1n) is 6.40. The van der Waals surface area contributed by atoms with Gasteiger partial charge < -0.3 is 5.11 Å². The van der Waals surface area contributed by atoms with E-state index in [0.717, 1.165) is 26.8 Å². The molecule has 5 heteroatoms. The third-order valence-corrected chi connectivity index (χ3v) is 5.06. The van der Waals surface area contributed by atoms with Crippen LogP contribution >= 0.6 is 22.7 Å². The van der Waals surface area contributed by atoms with Crippen molar-refractivity contribution >= 4 is 32.9 Å². The number of para-hydroxylation sites is 1. The molecule has 0 bridgehead atoms. The molecule has 102 valence electrons. The van der Waals surface area contributed by atoms with Gasteiger partial charge in [-0.3, -0.25) is 0 Å². The van der Waals surface area contributed by atoms with Gasteiger partial charge in [0, 0.05) is 10.9 Å². The van der Waals surface area contributed by atoms with E-state index in [1.165, 1.54) is 4.70 Å². The third kappa shape index (κ3) is 2.30. The fourth-order valence-corrected chi connectivity index (χ4v) is 3.93. The number of nitrogens with zero attached hydrogens (tertiary/aromatic N) is 2. The van der Waals surface area contributed by atoms with Crippen LogP contribution < -0.4 is 0 Å². The van der Waals surface area contributed by atoms with Gasteiger partial charge in [0.15, 0.2) is 0 Å². The van der Waals surface area contributed by atoms with Crippen molar-refractivity contribution in [2.45, 2.75) is 0 Å². The Bertz CT molecular complexity index is 894. The van der Waals surface area contributed by atoms with Crippen molar-refractivity contribution in [2.24, 2.45) is 0 Å². The molecule has 0 aliphatic heterocycles. The van der Waals surface area contributed by atoms with E-state index in [4.69, 9.17) is 0 Å². The molecule has 0 aliphatic carbocycles. The maximum atomic E-state index is 9.56. The summed E-state index contributed by atoms with van der Waals surface area (Å²) in [5.41, 5.74) is 2.82. The number of phenolic OH excluding ortho intramolecular Hbond substituents is 1. The summed E-state index contributed by atoms with van der Waals surface area (Å²) in [6.45, 7) is 0. The van der Waals surface area contributed by atoms with Gasteiger partial charge >= 0.3 is 0 Å². The van der Waals surface area contributed by atoms with Gasteiger partial charge in [-0.25, -0.2) is 9.97 Å². The summed E-state index contributed by atoms with van der Waals surface area (Å²) in [7, 11) is 0. The summed E-state index contributed by atoms with van der Waals surface area (Å²) < 4.78 is 1.17. The molecule has 2 heterocycles. The normalized spacial score (nSPS) is 11.0. The Hall–Kier alpha value is -2.24. The van der Waals surface area contributed by atoms with Gasteiger partial charge in [-0.2, -0.15) is 0 Å². The lowest BCUT2D eigenvalue weighted by atomic mass is 10.2. The molecule has 0 unspecified atom stereocenters. The fourth-order valence-electron chi connectivity index (χ4n) is 2.13. The number of aromatic nitrogens is 2. The number of hydrogen-bond donors (Lipinski definition) is 1. The summed E-state index contributed by atoms with van der Waals surface area (Å²) in [5.74, 6) is 0.254. The molecule has 4 aromatic rings. The Morgan fingerprint density at radius 3 is 2.67 bits per heavy atom. The molecule has 0 aliphatic rings. The first-order chi connectivity index (χ1) is 10.3. The Balaban J connectivity index is 1.77. The van der Waals surface area contributed by atoms with E-state index >= 15 is 0 Å². The molecule has 0 atom stereocenters. The summed E-state index contributed by atoms with van der Waals surface area (Å²) in [6.07, 6.45) is 0. The number of fused-ring (bicyclic) bond motifs is 1. The Labute approximate surface area is 129 Å². The zero-order chi connectivity index (χ0) is 14.2. The molecule has 0 fully saturated rings. The minimum Gasteiger partial charge on any atom is -0.508 e. The minimum absolute atomic E-state index is 0.254. The molecule has 2 aromatic heterocycles. The lowest BCUT2D eigenvalue weighted by Crippen LogP contribution is -1.78. The SMILES string of the molecule is Oc1cccc(-c2nc(-c3nc4ccccc4s3)cs2)c1. The number of thiazole rings is 2. The largest absolute Gasteiger partial charge is 0.508 e. The van der Waals surface area contributed by atoms with Crippen LogP contribution in [0.15, 0.2) is 53.9 Å². The van der Waals surface area contributed by atoms with Crippen molar-refractivity contribution in [1.29, 1.82) is 0 Å². The zero-order valence-corrected chi connectivity index (χ0v) is 12.5. The molecule has 21 heavy (non-hydrogen) atoms. The number of rotatable bonds is 2. The highest BCUT2D eigenvalue weighted by atomic mass is 32.1. The van der Waals surface area contributed by atoms with Crippen molar-refractivity contribution in [3.63, 3.8) is 0 Å². The molecule has 0 saturated heterocycles. The molecular formula is C16H10N2OS2. The number of aromatic hydroxyl groups is 1. The van der Waals surface area contributed by atoms with Crippen LogP contribution in [0.2, 0.25) is 0 Å². The molecule has 0 spiro atoms. The van der Waals surface area contributed by atoms with Crippen LogP contribution in [0.5, 0.6) is 5.75 Å². The molecule has 1 N–H and O–H groups in total. The van der Waals surface area contributed by atoms with Crippen LogP contribution in [0, 0.1) is 0 Å². The molecule has 3 nitrogen and oxygen atoms in total. The Morgan fingerprint density at radius 2 is 1.81 bits per heavy atom. The van der Waals surface area contributed by atoms with Crippen molar-refractivity contribution in [2.75, 3.05) is 0 Å². The smallest absolute Gasteiger partial charge is 0.144 e. The molecule has 0 saturated carbocycles. The third-order valence-electron chi connectivity index (χ3n) is 3.11. The predicted octanol–water partition coefficient (Wildman–Crippen LogP) is 4.79. The first-order valence-corrected chi connectivity index (χ1v) is 8.10. The van der Waals surface area contributed by atoms with Gasteiger partial charge in [0.25, 0.3) is 0 Å². The zero-order valence-electron chi connectivity index (χ0n) is 10.9. The van der Waals surface area contributed by atoms with Crippen molar-refractivity contribution in [3.05, 3.63) is 53.9 Å². The maximum Gasteiger partial charge on any atom is 0.144 e. The van der Waals surface area contributed by atoms with Gasteiger partial charge in [0.2, 0.25) is 0 Å². The summed E-state index contributed by atoms with van der Waals surface area (Å²) in [6, 6.07) is 15.2. The van der Waals surface area contributed by atoms with Gasteiger partial charge in [-0.1, -0.05) is 24.3 Å². The van der Waals surface area contributed by atoms with Gasteiger partial charge in [-0.05, 0) is 24.3 Å². The summed E-state index contributed by atoms with van der Waals surface area (Å²) >= 11 is 3.21. The quantitative estimate of drug-likeness (QED) is 0.579. The van der Waals surface area contributed by atoms with Crippen molar-refractivity contribution < 1.29 is 5.11 Å². The van der Waals surface area contributed by atoms with Gasteiger partial charge in [0.05, 0.1) is 10.2 Å². The fraction of sp³-hybridized carbons (Fsp3) is 0. The summed E-state index contributed by atoms with van der Waals surface area (Å²) in [5, 5.41) is 13.4. The highest BCUT2D eigenvalue weighted by molar-refractivity contribution is 7.22. The number of benzene rings is 2. The van der Waals surface area contributed by atoms with E-state index < -0.39 is 0 Å². The van der Waals surface area contributed by atoms with Gasteiger partial charge in [-0.15, -0.1) is 22.7 Å². The summed E-state index contributed by atoms with van der Waals surface area (Å²) in [4.78, 5) is 9.26. The maximum absolute atomic E-state index is 9.56. The molecule has 4 rings (SSSR count). The van der Waals surface area contributed by atoms with E-state index in [-0.39, 0.29) is 5.75 Å². The van der Waals surface area contributed by atoms with E-state index in [1.54, 1.807) is 34.8 Å². The lowest BCUT2D eigenvalue weighted by Gasteiger charge is -1.96. The standard InChI is InChI=1S/C16H10N2OS2/c19-11-5-3-4-10(8-11)15-18-13(9-20-15)16-17-12-6-1-2-7-14(12)21-16/h1-9,19H. The van der Waals surface area contributed by atoms with Crippen LogP contribution in [0.1, 0.15) is 0 Å². The van der Waals surface area contributed by atoms with E-state index in [0.29, 0.717) is 0 Å². The average Bonchev–Trinajstić information content (AvgIpc) is 3.14. The number of phenols is 1. The van der Waals surface area contributed by atoms with Crippen LogP contribution in [0.25, 0.3) is 31.5 Å². The Kier molecular flexibility index (Phi) is 2.94. The molecule has 2 aromatic carbocycles. The second-order valence-electron chi connectivity index (χ2n) is 4.57. The highest BCUT2D eigenvalue weighted by Crippen LogP contribution is 2.34. The second kappa shape index (κ2) is 4.95. The average molecular weight is 310 g/mol. The monoisotopic (exact) mass is 310 g/mol. The molecular weight excluding hydrogens is 300 g/mol. The van der Waals surface area contributed by atoms with Gasteiger partial charge in [0.1, 0.15) is 21.5 Å². The van der Waals surface area contributed by atoms with Crippen LogP contribution in [-0.4, -0.2) is 15.1 Å². The van der Waals surface area contributed by atoms with Crippen LogP contribution in [0.4, 0.5) is 0 Å². The van der Waals surface area contributed by atoms with E-state index in [1.807, 2.05) is 35.7 Å². The lowest BCUT2D eigenvalue weighted by molar-refractivity contribution is 0.475. The highest BCUT2D eigenvalue weighted by Gasteiger charge is 2.11. The molecule has 0 amide bonds. The Morgan fingerprint density at radius 1 is 0.905 bits per heavy atom. The number of hydrogen-bond acceptors (Lipinski definition) is 5.